The van der Waals surface area contributed by atoms with Crippen molar-refractivity contribution in [1.82, 2.24) is 0 Å². The van der Waals surface area contributed by atoms with Crippen LogP contribution in [0.2, 0.25) is 5.02 Å². The van der Waals surface area contributed by atoms with Gasteiger partial charge in [-0.25, -0.2) is 0 Å². The first-order chi connectivity index (χ1) is 7.11. The van der Waals surface area contributed by atoms with Crippen molar-refractivity contribution in [1.29, 1.82) is 0 Å². The van der Waals surface area contributed by atoms with Crippen LogP contribution in [0.3, 0.4) is 0 Å². The standard InChI is InChI=1S/C13H18ClN/c1-3-10(2)7-13(15)9-11-5-4-6-12(14)8-11/h4-6,8,13H,2-3,7,9,15H2,1H3. The molecule has 82 valence electrons. The Balaban J connectivity index is 2.51. The molecule has 0 bridgehead atoms. The van der Waals surface area contributed by atoms with Gasteiger partial charge in [0, 0.05) is 11.1 Å². The van der Waals surface area contributed by atoms with Gasteiger partial charge in [-0.2, -0.15) is 0 Å². The van der Waals surface area contributed by atoms with Gasteiger partial charge in [0.2, 0.25) is 0 Å². The van der Waals surface area contributed by atoms with E-state index >= 15 is 0 Å². The minimum atomic E-state index is 0.149. The second-order valence-corrected chi connectivity index (χ2v) is 4.34. The quantitative estimate of drug-likeness (QED) is 0.759. The molecule has 1 nitrogen and oxygen atoms in total. The molecule has 0 saturated carbocycles. The van der Waals surface area contributed by atoms with Crippen LogP contribution in [-0.4, -0.2) is 6.04 Å². The molecule has 1 aromatic rings. The van der Waals surface area contributed by atoms with Crippen molar-refractivity contribution < 1.29 is 0 Å². The van der Waals surface area contributed by atoms with E-state index in [0.29, 0.717) is 0 Å². The van der Waals surface area contributed by atoms with Crippen LogP contribution in [0.25, 0.3) is 0 Å². The summed E-state index contributed by atoms with van der Waals surface area (Å²) in [4.78, 5) is 0. The fourth-order valence-electron chi connectivity index (χ4n) is 1.55. The van der Waals surface area contributed by atoms with Crippen molar-refractivity contribution in [3.05, 3.63) is 47.0 Å². The molecule has 2 N–H and O–H groups in total. The Kier molecular flexibility index (Phi) is 4.86. The van der Waals surface area contributed by atoms with Crippen molar-refractivity contribution in [3.8, 4) is 0 Å². The molecular weight excluding hydrogens is 206 g/mol. The van der Waals surface area contributed by atoms with Gasteiger partial charge in [0.25, 0.3) is 0 Å². The molecule has 0 saturated heterocycles. The van der Waals surface area contributed by atoms with E-state index in [0.717, 1.165) is 24.3 Å². The normalized spacial score (nSPS) is 12.5. The Bertz CT molecular complexity index is 333. The summed E-state index contributed by atoms with van der Waals surface area (Å²) in [5.74, 6) is 0. The largest absolute Gasteiger partial charge is 0.327 e. The van der Waals surface area contributed by atoms with Gasteiger partial charge in [0.15, 0.2) is 0 Å². The molecule has 0 aliphatic carbocycles. The highest BCUT2D eigenvalue weighted by atomic mass is 35.5. The van der Waals surface area contributed by atoms with E-state index in [1.165, 1.54) is 11.1 Å². The lowest BCUT2D eigenvalue weighted by Gasteiger charge is -2.12. The van der Waals surface area contributed by atoms with Crippen molar-refractivity contribution in [2.45, 2.75) is 32.2 Å². The van der Waals surface area contributed by atoms with E-state index in [1.54, 1.807) is 0 Å². The summed E-state index contributed by atoms with van der Waals surface area (Å²) in [5.41, 5.74) is 8.43. The van der Waals surface area contributed by atoms with Crippen molar-refractivity contribution in [3.63, 3.8) is 0 Å². The van der Waals surface area contributed by atoms with Crippen LogP contribution in [0.1, 0.15) is 25.3 Å². The molecule has 0 aliphatic heterocycles. The maximum Gasteiger partial charge on any atom is 0.0408 e. The zero-order chi connectivity index (χ0) is 11.3. The van der Waals surface area contributed by atoms with Gasteiger partial charge in [0.05, 0.1) is 0 Å². The van der Waals surface area contributed by atoms with Gasteiger partial charge in [0.1, 0.15) is 0 Å². The molecule has 1 atom stereocenters. The fourth-order valence-corrected chi connectivity index (χ4v) is 1.77. The number of benzene rings is 1. The van der Waals surface area contributed by atoms with Gasteiger partial charge in [-0.15, -0.1) is 0 Å². The zero-order valence-electron chi connectivity index (χ0n) is 9.17. The minimum Gasteiger partial charge on any atom is -0.327 e. The second-order valence-electron chi connectivity index (χ2n) is 3.90. The lowest BCUT2D eigenvalue weighted by molar-refractivity contribution is 0.651. The predicted octanol–water partition coefficient (Wildman–Crippen LogP) is 3.57. The molecule has 1 aromatic carbocycles. The van der Waals surface area contributed by atoms with Crippen LogP contribution in [0.4, 0.5) is 0 Å². The maximum absolute atomic E-state index is 6.03. The SMILES string of the molecule is C=C(CC)CC(N)Cc1cccc(Cl)c1. The number of halogens is 1. The summed E-state index contributed by atoms with van der Waals surface area (Å²) < 4.78 is 0. The van der Waals surface area contributed by atoms with Crippen LogP contribution >= 0.6 is 11.6 Å². The molecular formula is C13H18ClN. The van der Waals surface area contributed by atoms with Crippen LogP contribution in [0.5, 0.6) is 0 Å². The predicted molar refractivity (Wildman–Crippen MR) is 67.2 cm³/mol. The summed E-state index contributed by atoms with van der Waals surface area (Å²) in [6, 6.07) is 8.01. The summed E-state index contributed by atoms with van der Waals surface area (Å²) in [7, 11) is 0. The average molecular weight is 224 g/mol. The van der Waals surface area contributed by atoms with Crippen molar-refractivity contribution >= 4 is 11.6 Å². The smallest absolute Gasteiger partial charge is 0.0408 e. The molecule has 1 unspecified atom stereocenters. The highest BCUT2D eigenvalue weighted by Crippen LogP contribution is 2.14. The Labute approximate surface area is 96.9 Å². The topological polar surface area (TPSA) is 26.0 Å². The van der Waals surface area contributed by atoms with Crippen LogP contribution in [0, 0.1) is 0 Å². The van der Waals surface area contributed by atoms with Gasteiger partial charge >= 0.3 is 0 Å². The average Bonchev–Trinajstić information content (AvgIpc) is 2.17. The van der Waals surface area contributed by atoms with Gasteiger partial charge in [-0.1, -0.05) is 42.8 Å². The van der Waals surface area contributed by atoms with Gasteiger partial charge < -0.3 is 5.73 Å². The monoisotopic (exact) mass is 223 g/mol. The summed E-state index contributed by atoms with van der Waals surface area (Å²) in [6.07, 6.45) is 2.76. The van der Waals surface area contributed by atoms with E-state index in [-0.39, 0.29) is 6.04 Å². The number of hydrogen-bond donors (Lipinski definition) is 1. The first kappa shape index (κ1) is 12.3. The number of nitrogens with two attached hydrogens (primary N) is 1. The van der Waals surface area contributed by atoms with Crippen LogP contribution in [0.15, 0.2) is 36.4 Å². The number of rotatable bonds is 5. The molecule has 0 radical (unpaired) electrons. The lowest BCUT2D eigenvalue weighted by Crippen LogP contribution is -2.23. The Morgan fingerprint density at radius 3 is 2.87 bits per heavy atom. The molecule has 0 aromatic heterocycles. The first-order valence-corrected chi connectivity index (χ1v) is 5.66. The minimum absolute atomic E-state index is 0.149. The molecule has 0 heterocycles. The Morgan fingerprint density at radius 2 is 2.27 bits per heavy atom. The maximum atomic E-state index is 6.03. The third kappa shape index (κ3) is 4.50. The molecule has 0 fully saturated rings. The van der Waals surface area contributed by atoms with E-state index in [9.17, 15) is 0 Å². The van der Waals surface area contributed by atoms with Crippen molar-refractivity contribution in [2.75, 3.05) is 0 Å². The van der Waals surface area contributed by atoms with Crippen LogP contribution in [-0.2, 0) is 6.42 Å². The molecule has 2 heteroatoms. The highest BCUT2D eigenvalue weighted by molar-refractivity contribution is 6.30. The van der Waals surface area contributed by atoms with E-state index in [4.69, 9.17) is 17.3 Å². The van der Waals surface area contributed by atoms with E-state index in [1.807, 2.05) is 18.2 Å². The summed E-state index contributed by atoms with van der Waals surface area (Å²) >= 11 is 5.90. The summed E-state index contributed by atoms with van der Waals surface area (Å²) in [6.45, 7) is 6.07. The highest BCUT2D eigenvalue weighted by Gasteiger charge is 2.05. The van der Waals surface area contributed by atoms with E-state index < -0.39 is 0 Å². The Hall–Kier alpha value is -0.790. The van der Waals surface area contributed by atoms with Gasteiger partial charge in [-0.05, 0) is 37.0 Å². The Morgan fingerprint density at radius 1 is 1.53 bits per heavy atom. The second kappa shape index (κ2) is 5.94. The molecule has 0 spiro atoms. The first-order valence-electron chi connectivity index (χ1n) is 5.28. The molecule has 0 amide bonds. The zero-order valence-corrected chi connectivity index (χ0v) is 9.93. The fraction of sp³-hybridized carbons (Fsp3) is 0.385. The molecule has 1 rings (SSSR count). The van der Waals surface area contributed by atoms with Crippen molar-refractivity contribution in [2.24, 2.45) is 5.73 Å². The van der Waals surface area contributed by atoms with Gasteiger partial charge in [-0.3, -0.25) is 0 Å². The third-order valence-electron chi connectivity index (χ3n) is 2.44. The summed E-state index contributed by atoms with van der Waals surface area (Å²) in [5, 5.41) is 0.772. The van der Waals surface area contributed by atoms with E-state index in [2.05, 4.69) is 19.6 Å². The number of hydrogen-bond acceptors (Lipinski definition) is 1. The lowest BCUT2D eigenvalue weighted by atomic mass is 9.99. The molecule has 0 aliphatic rings. The third-order valence-corrected chi connectivity index (χ3v) is 2.67. The molecule has 15 heavy (non-hydrogen) atoms. The van der Waals surface area contributed by atoms with Crippen LogP contribution < -0.4 is 5.73 Å².